The number of ether oxygens (including phenoxy) is 2. The molecule has 0 unspecified atom stereocenters. The van der Waals surface area contributed by atoms with Gasteiger partial charge in [0, 0.05) is 21.7 Å². The van der Waals surface area contributed by atoms with Crippen LogP contribution in [-0.4, -0.2) is 30.6 Å². The van der Waals surface area contributed by atoms with Gasteiger partial charge in [0.2, 0.25) is 5.88 Å². The van der Waals surface area contributed by atoms with Gasteiger partial charge >= 0.3 is 6.09 Å². The zero-order valence-electron chi connectivity index (χ0n) is 16.0. The Hall–Kier alpha value is -2.22. The number of halogens is 2. The standard InChI is InChI=1S/C19H24Cl2N2O5/c1-5-9-26-18(25)22-13(11-24)10-17(28-19(2,3)4)23-27-12-14-15(20)7-6-8-16(14)21/h5-8,10-11,13,23H,1,9,12H2,2-4H3,(H,22,25)/t13-/m0/s1. The number of hydroxylamine groups is 1. The van der Waals surface area contributed by atoms with Gasteiger partial charge in [-0.1, -0.05) is 41.9 Å². The number of aldehydes is 1. The van der Waals surface area contributed by atoms with Gasteiger partial charge in [0.05, 0.1) is 0 Å². The molecule has 9 heteroatoms. The van der Waals surface area contributed by atoms with Crippen LogP contribution >= 0.6 is 23.2 Å². The van der Waals surface area contributed by atoms with Crippen LogP contribution < -0.4 is 10.8 Å². The summed E-state index contributed by atoms with van der Waals surface area (Å²) in [7, 11) is 0. The Kier molecular flexibility index (Phi) is 9.85. The highest BCUT2D eigenvalue weighted by molar-refractivity contribution is 6.35. The molecule has 0 aliphatic heterocycles. The molecule has 1 rings (SSSR count). The Bertz CT molecular complexity index is 697. The Morgan fingerprint density at radius 1 is 1.29 bits per heavy atom. The third-order valence-corrected chi connectivity index (χ3v) is 3.67. The number of rotatable bonds is 10. The molecule has 1 amide bonds. The Morgan fingerprint density at radius 3 is 2.46 bits per heavy atom. The molecular formula is C19H24Cl2N2O5. The molecule has 2 N–H and O–H groups in total. The first-order valence-electron chi connectivity index (χ1n) is 8.37. The van der Waals surface area contributed by atoms with Gasteiger partial charge in [-0.3, -0.25) is 4.84 Å². The van der Waals surface area contributed by atoms with E-state index in [0.29, 0.717) is 21.9 Å². The first kappa shape index (κ1) is 23.8. The average molecular weight is 431 g/mol. The SMILES string of the molecule is C=CCOC(=O)N[C@H](C=O)C=C(NOCc1c(Cl)cccc1Cl)OC(C)(C)C. The zero-order valence-corrected chi connectivity index (χ0v) is 17.5. The van der Waals surface area contributed by atoms with Crippen LogP contribution in [0.25, 0.3) is 0 Å². The molecule has 0 aliphatic carbocycles. The van der Waals surface area contributed by atoms with Crippen LogP contribution in [0.4, 0.5) is 4.79 Å². The Morgan fingerprint density at radius 2 is 1.93 bits per heavy atom. The molecule has 0 aromatic heterocycles. The van der Waals surface area contributed by atoms with Gasteiger partial charge in [-0.15, -0.1) is 0 Å². The third kappa shape index (κ3) is 9.12. The quantitative estimate of drug-likeness (QED) is 0.251. The highest BCUT2D eigenvalue weighted by atomic mass is 35.5. The van der Waals surface area contributed by atoms with Crippen LogP contribution in [0, 0.1) is 0 Å². The molecule has 0 bridgehead atoms. The van der Waals surface area contributed by atoms with Crippen molar-refractivity contribution in [3.8, 4) is 0 Å². The molecule has 0 fully saturated rings. The first-order chi connectivity index (χ1) is 13.2. The fourth-order valence-corrected chi connectivity index (χ4v) is 2.37. The van der Waals surface area contributed by atoms with Gasteiger partial charge in [0.15, 0.2) is 0 Å². The lowest BCUT2D eigenvalue weighted by molar-refractivity contribution is -0.108. The molecule has 7 nitrogen and oxygen atoms in total. The maximum atomic E-state index is 11.6. The number of hydrogen-bond acceptors (Lipinski definition) is 6. The number of hydrogen-bond donors (Lipinski definition) is 2. The first-order valence-corrected chi connectivity index (χ1v) is 9.13. The van der Waals surface area contributed by atoms with Crippen molar-refractivity contribution in [1.82, 2.24) is 10.8 Å². The molecule has 0 spiro atoms. The van der Waals surface area contributed by atoms with E-state index >= 15 is 0 Å². The fraction of sp³-hybridized carbons (Fsp3) is 0.368. The maximum absolute atomic E-state index is 11.6. The van der Waals surface area contributed by atoms with E-state index in [2.05, 4.69) is 17.4 Å². The number of benzene rings is 1. The Labute approximate surface area is 174 Å². The minimum absolute atomic E-state index is 0.0203. The van der Waals surface area contributed by atoms with Crippen LogP contribution in [0.3, 0.4) is 0 Å². The predicted octanol–water partition coefficient (Wildman–Crippen LogP) is 4.15. The molecule has 1 aromatic carbocycles. The number of carbonyl (C=O) groups excluding carboxylic acids is 2. The lowest BCUT2D eigenvalue weighted by Crippen LogP contribution is -2.37. The molecule has 1 atom stereocenters. The minimum Gasteiger partial charge on any atom is -0.472 e. The summed E-state index contributed by atoms with van der Waals surface area (Å²) >= 11 is 12.2. The number of carbonyl (C=O) groups is 2. The second-order valence-corrected chi connectivity index (χ2v) is 7.34. The zero-order chi connectivity index (χ0) is 21.2. The Balaban J connectivity index is 2.83. The molecule has 0 saturated carbocycles. The molecule has 28 heavy (non-hydrogen) atoms. The lowest BCUT2D eigenvalue weighted by atomic mass is 10.2. The van der Waals surface area contributed by atoms with Crippen LogP contribution in [0.1, 0.15) is 26.3 Å². The minimum atomic E-state index is -1.00. The van der Waals surface area contributed by atoms with Gasteiger partial charge in [-0.2, -0.15) is 0 Å². The van der Waals surface area contributed by atoms with E-state index in [9.17, 15) is 9.59 Å². The fourth-order valence-electron chi connectivity index (χ4n) is 1.86. The van der Waals surface area contributed by atoms with E-state index in [-0.39, 0.29) is 19.1 Å². The van der Waals surface area contributed by atoms with Gasteiger partial charge in [-0.25, -0.2) is 10.3 Å². The molecule has 0 aliphatic rings. The summed E-state index contributed by atoms with van der Waals surface area (Å²) in [4.78, 5) is 28.3. The number of nitrogens with one attached hydrogen (secondary N) is 2. The lowest BCUT2D eigenvalue weighted by Gasteiger charge is -2.24. The van der Waals surface area contributed by atoms with Crippen molar-refractivity contribution in [2.45, 2.75) is 39.0 Å². The highest BCUT2D eigenvalue weighted by Crippen LogP contribution is 2.24. The monoisotopic (exact) mass is 430 g/mol. The van der Waals surface area contributed by atoms with Gasteiger partial charge < -0.3 is 19.6 Å². The molecule has 0 heterocycles. The van der Waals surface area contributed by atoms with E-state index in [1.165, 1.54) is 12.2 Å². The number of amides is 1. The summed E-state index contributed by atoms with van der Waals surface area (Å²) in [5.41, 5.74) is 2.61. The number of alkyl carbamates (subject to hydrolysis) is 1. The van der Waals surface area contributed by atoms with Crippen molar-refractivity contribution in [3.63, 3.8) is 0 Å². The van der Waals surface area contributed by atoms with Crippen molar-refractivity contribution in [2.24, 2.45) is 0 Å². The second kappa shape index (κ2) is 11.6. The van der Waals surface area contributed by atoms with Crippen molar-refractivity contribution < 1.29 is 23.9 Å². The van der Waals surface area contributed by atoms with E-state index < -0.39 is 17.7 Å². The van der Waals surface area contributed by atoms with E-state index in [1.54, 1.807) is 18.2 Å². The van der Waals surface area contributed by atoms with Crippen LogP contribution in [-0.2, 0) is 25.7 Å². The normalized spacial score (nSPS) is 12.7. The maximum Gasteiger partial charge on any atom is 0.408 e. The molecule has 0 saturated heterocycles. The van der Waals surface area contributed by atoms with Crippen molar-refractivity contribution in [1.29, 1.82) is 0 Å². The van der Waals surface area contributed by atoms with Crippen molar-refractivity contribution in [2.75, 3.05) is 6.61 Å². The summed E-state index contributed by atoms with van der Waals surface area (Å²) in [6.45, 7) is 8.95. The molecule has 154 valence electrons. The van der Waals surface area contributed by atoms with Gasteiger partial charge in [0.25, 0.3) is 0 Å². The summed E-state index contributed by atoms with van der Waals surface area (Å²) < 4.78 is 10.5. The van der Waals surface area contributed by atoms with Crippen molar-refractivity contribution >= 4 is 35.6 Å². The van der Waals surface area contributed by atoms with Crippen LogP contribution in [0.15, 0.2) is 42.8 Å². The largest absolute Gasteiger partial charge is 0.472 e. The highest BCUT2D eigenvalue weighted by Gasteiger charge is 2.18. The molecule has 1 aromatic rings. The topological polar surface area (TPSA) is 85.9 Å². The predicted molar refractivity (Wildman–Crippen MR) is 108 cm³/mol. The summed E-state index contributed by atoms with van der Waals surface area (Å²) in [5.74, 6) is 0.122. The molecular weight excluding hydrogens is 407 g/mol. The van der Waals surface area contributed by atoms with E-state index in [4.69, 9.17) is 37.5 Å². The third-order valence-electron chi connectivity index (χ3n) is 2.96. The van der Waals surface area contributed by atoms with E-state index in [1.807, 2.05) is 20.8 Å². The summed E-state index contributed by atoms with van der Waals surface area (Å²) in [5, 5.41) is 3.28. The van der Waals surface area contributed by atoms with Gasteiger partial charge in [0.1, 0.15) is 31.1 Å². The van der Waals surface area contributed by atoms with E-state index in [0.717, 1.165) is 0 Å². The summed E-state index contributed by atoms with van der Waals surface area (Å²) in [6, 6.07) is 4.10. The van der Waals surface area contributed by atoms with Gasteiger partial charge in [-0.05, 0) is 32.9 Å². The summed E-state index contributed by atoms with van der Waals surface area (Å²) in [6.07, 6.45) is 2.51. The second-order valence-electron chi connectivity index (χ2n) is 6.53. The van der Waals surface area contributed by atoms with Crippen LogP contribution in [0.5, 0.6) is 0 Å². The molecule has 0 radical (unpaired) electrons. The average Bonchev–Trinajstić information content (AvgIpc) is 2.60. The smallest absolute Gasteiger partial charge is 0.408 e. The van der Waals surface area contributed by atoms with Crippen molar-refractivity contribution in [3.05, 3.63) is 58.4 Å². The van der Waals surface area contributed by atoms with Crippen LogP contribution in [0.2, 0.25) is 10.0 Å².